The van der Waals surface area contributed by atoms with Gasteiger partial charge in [-0.2, -0.15) is 0 Å². The minimum Gasteiger partial charge on any atom is -0.357 e. The van der Waals surface area contributed by atoms with E-state index in [4.69, 9.17) is 4.98 Å². The molecule has 0 radical (unpaired) electrons. The van der Waals surface area contributed by atoms with E-state index in [-0.39, 0.29) is 0 Å². The number of rotatable bonds is 6. The Labute approximate surface area is 130 Å². The highest BCUT2D eigenvalue weighted by Gasteiger charge is 2.24. The minimum absolute atomic E-state index is 0.654. The zero-order valence-electron chi connectivity index (χ0n) is 13.2. The van der Waals surface area contributed by atoms with E-state index >= 15 is 0 Å². The monoisotopic (exact) mass is 307 g/mol. The van der Waals surface area contributed by atoms with Gasteiger partial charge in [0.25, 0.3) is 0 Å². The Hall–Kier alpha value is -1.11. The molecule has 116 valence electrons. The molecule has 6 heteroatoms. The second-order valence-corrected chi connectivity index (χ2v) is 6.75. The van der Waals surface area contributed by atoms with Gasteiger partial charge in [0.1, 0.15) is 0 Å². The van der Waals surface area contributed by atoms with Gasteiger partial charge in [-0.1, -0.05) is 6.92 Å². The first-order valence-electron chi connectivity index (χ1n) is 7.77. The number of anilines is 1. The van der Waals surface area contributed by atoms with Crippen LogP contribution in [0.15, 0.2) is 11.6 Å². The summed E-state index contributed by atoms with van der Waals surface area (Å²) in [5.41, 5.74) is 1.27. The topological polar surface area (TPSA) is 35.8 Å². The van der Waals surface area contributed by atoms with Crippen LogP contribution in [0.5, 0.6) is 0 Å². The maximum absolute atomic E-state index is 4.84. The van der Waals surface area contributed by atoms with Crippen LogP contribution < -0.4 is 10.2 Å². The van der Waals surface area contributed by atoms with Gasteiger partial charge in [-0.3, -0.25) is 4.40 Å². The number of aromatic nitrogens is 2. The van der Waals surface area contributed by atoms with Crippen LogP contribution in [0.2, 0.25) is 0 Å². The van der Waals surface area contributed by atoms with Gasteiger partial charge in [-0.25, -0.2) is 4.98 Å². The van der Waals surface area contributed by atoms with Crippen molar-refractivity contribution in [1.82, 2.24) is 19.6 Å². The van der Waals surface area contributed by atoms with Gasteiger partial charge in [0.2, 0.25) is 0 Å². The molecule has 1 saturated heterocycles. The minimum atomic E-state index is 0.654. The Kier molecular flexibility index (Phi) is 4.47. The lowest BCUT2D eigenvalue weighted by molar-refractivity contribution is 0.314. The van der Waals surface area contributed by atoms with E-state index in [0.29, 0.717) is 6.04 Å². The van der Waals surface area contributed by atoms with E-state index in [9.17, 15) is 0 Å². The van der Waals surface area contributed by atoms with Crippen LogP contribution in [-0.4, -0.2) is 54.1 Å². The van der Waals surface area contributed by atoms with E-state index < -0.39 is 0 Å². The van der Waals surface area contributed by atoms with E-state index in [1.54, 1.807) is 11.3 Å². The van der Waals surface area contributed by atoms with Gasteiger partial charge in [-0.05, 0) is 33.0 Å². The number of thiazole rings is 1. The molecule has 1 fully saturated rings. The lowest BCUT2D eigenvalue weighted by Gasteiger charge is -2.26. The molecule has 1 aliphatic heterocycles. The van der Waals surface area contributed by atoms with Crippen molar-refractivity contribution in [2.45, 2.75) is 32.4 Å². The predicted molar refractivity (Wildman–Crippen MR) is 89.4 cm³/mol. The Morgan fingerprint density at radius 1 is 1.52 bits per heavy atom. The average molecular weight is 307 g/mol. The van der Waals surface area contributed by atoms with Gasteiger partial charge in [0.15, 0.2) is 10.8 Å². The molecule has 1 aliphatic rings. The predicted octanol–water partition coefficient (Wildman–Crippen LogP) is 2.04. The fraction of sp³-hybridized carbons (Fsp3) is 0.667. The van der Waals surface area contributed by atoms with Crippen LogP contribution in [-0.2, 0) is 6.54 Å². The first-order chi connectivity index (χ1) is 10.2. The fourth-order valence-corrected chi connectivity index (χ4v) is 3.88. The molecule has 0 spiro atoms. The van der Waals surface area contributed by atoms with Crippen molar-refractivity contribution in [3.8, 4) is 0 Å². The standard InChI is InChI=1S/C15H25N5S/c1-4-16-10-13-14(17-15-20(13)8-9-21-15)19(3)11-12-6-5-7-18(12)2/h8-9,12,16H,4-7,10-11H2,1-3H3. The summed E-state index contributed by atoms with van der Waals surface area (Å²) >= 11 is 1.70. The fourth-order valence-electron chi connectivity index (χ4n) is 3.15. The second-order valence-electron chi connectivity index (χ2n) is 5.88. The maximum Gasteiger partial charge on any atom is 0.195 e. The van der Waals surface area contributed by atoms with Crippen molar-refractivity contribution < 1.29 is 0 Å². The van der Waals surface area contributed by atoms with Gasteiger partial charge < -0.3 is 15.1 Å². The summed E-state index contributed by atoms with van der Waals surface area (Å²) < 4.78 is 2.22. The molecule has 1 atom stereocenters. The van der Waals surface area contributed by atoms with Gasteiger partial charge in [-0.15, -0.1) is 11.3 Å². The molecule has 0 amide bonds. The molecule has 5 nitrogen and oxygen atoms in total. The van der Waals surface area contributed by atoms with E-state index in [0.717, 1.165) is 30.4 Å². The number of imidazole rings is 1. The lowest BCUT2D eigenvalue weighted by atomic mass is 10.2. The molecule has 21 heavy (non-hydrogen) atoms. The third-order valence-corrected chi connectivity index (χ3v) is 5.16. The molecular weight excluding hydrogens is 282 g/mol. The highest BCUT2D eigenvalue weighted by atomic mass is 32.1. The number of hydrogen-bond acceptors (Lipinski definition) is 5. The molecule has 0 aromatic carbocycles. The number of nitrogens with one attached hydrogen (secondary N) is 1. The average Bonchev–Trinajstić information content (AvgIpc) is 3.14. The Morgan fingerprint density at radius 3 is 3.10 bits per heavy atom. The quantitative estimate of drug-likeness (QED) is 0.886. The van der Waals surface area contributed by atoms with Crippen LogP contribution in [0.3, 0.4) is 0 Å². The summed E-state index contributed by atoms with van der Waals surface area (Å²) in [5, 5.41) is 5.54. The smallest absolute Gasteiger partial charge is 0.195 e. The van der Waals surface area contributed by atoms with Crippen LogP contribution in [0.4, 0.5) is 5.82 Å². The zero-order chi connectivity index (χ0) is 14.8. The number of likely N-dealkylation sites (N-methyl/N-ethyl adjacent to an activating group) is 2. The number of nitrogens with zero attached hydrogens (tertiary/aromatic N) is 4. The maximum atomic E-state index is 4.84. The molecule has 0 saturated carbocycles. The van der Waals surface area contributed by atoms with Crippen molar-refractivity contribution >= 4 is 22.1 Å². The first kappa shape index (κ1) is 14.8. The normalized spacial score (nSPS) is 19.7. The summed E-state index contributed by atoms with van der Waals surface area (Å²) in [6, 6.07) is 0.654. The Balaban J connectivity index is 1.82. The van der Waals surface area contributed by atoms with Gasteiger partial charge >= 0.3 is 0 Å². The molecule has 3 rings (SSSR count). The summed E-state index contributed by atoms with van der Waals surface area (Å²) in [4.78, 5) is 10.7. The second kappa shape index (κ2) is 6.34. The van der Waals surface area contributed by atoms with Crippen LogP contribution in [0, 0.1) is 0 Å². The molecular formula is C15H25N5S. The molecule has 3 heterocycles. The summed E-state index contributed by atoms with van der Waals surface area (Å²) in [5.74, 6) is 1.13. The van der Waals surface area contributed by atoms with E-state index in [2.05, 4.69) is 52.1 Å². The van der Waals surface area contributed by atoms with Crippen molar-refractivity contribution in [1.29, 1.82) is 0 Å². The highest BCUT2D eigenvalue weighted by molar-refractivity contribution is 7.15. The SMILES string of the molecule is CCNCc1c(N(C)CC2CCCN2C)nc2sccn12. The summed E-state index contributed by atoms with van der Waals surface area (Å²) in [7, 11) is 4.41. The third-order valence-electron chi connectivity index (χ3n) is 4.40. The van der Waals surface area contributed by atoms with E-state index in [1.807, 2.05) is 0 Å². The van der Waals surface area contributed by atoms with Crippen molar-refractivity contribution in [2.24, 2.45) is 0 Å². The van der Waals surface area contributed by atoms with Crippen LogP contribution in [0.1, 0.15) is 25.5 Å². The van der Waals surface area contributed by atoms with Gasteiger partial charge in [0.05, 0.1) is 5.69 Å². The third kappa shape index (κ3) is 2.93. The largest absolute Gasteiger partial charge is 0.357 e. The molecule has 1 unspecified atom stereocenters. The first-order valence-corrected chi connectivity index (χ1v) is 8.65. The van der Waals surface area contributed by atoms with Crippen LogP contribution in [0.25, 0.3) is 4.96 Å². The van der Waals surface area contributed by atoms with Crippen molar-refractivity contribution in [3.05, 3.63) is 17.3 Å². The zero-order valence-corrected chi connectivity index (χ0v) is 14.0. The van der Waals surface area contributed by atoms with Crippen molar-refractivity contribution in [3.63, 3.8) is 0 Å². The summed E-state index contributed by atoms with van der Waals surface area (Å²) in [6.07, 6.45) is 4.74. The molecule has 2 aromatic heterocycles. The Morgan fingerprint density at radius 2 is 2.38 bits per heavy atom. The molecule has 0 aliphatic carbocycles. The number of hydrogen-bond donors (Lipinski definition) is 1. The van der Waals surface area contributed by atoms with Crippen molar-refractivity contribution in [2.75, 3.05) is 38.6 Å². The van der Waals surface area contributed by atoms with Gasteiger partial charge in [0, 0.05) is 37.8 Å². The number of fused-ring (bicyclic) bond motifs is 1. The lowest BCUT2D eigenvalue weighted by Crippen LogP contribution is -2.37. The van der Waals surface area contributed by atoms with E-state index in [1.165, 1.54) is 25.1 Å². The molecule has 1 N–H and O–H groups in total. The Bertz CT molecular complexity index is 590. The molecule has 2 aromatic rings. The van der Waals surface area contributed by atoms with Crippen LogP contribution >= 0.6 is 11.3 Å². The summed E-state index contributed by atoms with van der Waals surface area (Å²) in [6.45, 7) is 6.27. The highest BCUT2D eigenvalue weighted by Crippen LogP contribution is 2.25. The molecule has 0 bridgehead atoms. The number of likely N-dealkylation sites (tertiary alicyclic amines) is 1.